The molecule has 0 radical (unpaired) electrons. The number of aliphatic hydroxyl groups is 2. The number of carbonyl (C=O) groups excluding carboxylic acids is 1. The summed E-state index contributed by atoms with van der Waals surface area (Å²) in [6.45, 7) is 6.26. The molecule has 2 N–H and O–H groups in total. The minimum Gasteiger partial charge on any atom is -0.469 e. The van der Waals surface area contributed by atoms with E-state index in [1.54, 1.807) is 13.0 Å². The van der Waals surface area contributed by atoms with Gasteiger partial charge in [-0.05, 0) is 77.5 Å². The lowest BCUT2D eigenvalue weighted by molar-refractivity contribution is -0.143. The first-order chi connectivity index (χ1) is 15.5. The fourth-order valence-electron chi connectivity index (χ4n) is 4.76. The summed E-state index contributed by atoms with van der Waals surface area (Å²) in [5.41, 5.74) is 3.82. The Bertz CT molecular complexity index is 919. The highest BCUT2D eigenvalue weighted by Crippen LogP contribution is 2.59. The minimum atomic E-state index is -0.969. The molecule has 3 rings (SSSR count). The molecule has 33 heavy (non-hydrogen) atoms. The van der Waals surface area contributed by atoms with Crippen LogP contribution >= 0.6 is 23.5 Å². The molecule has 0 amide bonds. The van der Waals surface area contributed by atoms with E-state index < -0.39 is 18.2 Å². The van der Waals surface area contributed by atoms with Gasteiger partial charge in [0, 0.05) is 6.42 Å². The maximum atomic E-state index is 14.0. The number of benzene rings is 1. The fourth-order valence-corrected chi connectivity index (χ4v) is 8.52. The average molecular weight is 495 g/mol. The van der Waals surface area contributed by atoms with Crippen LogP contribution in [0.3, 0.4) is 0 Å². The number of allylic oxidation sites excluding steroid dienone is 3. The van der Waals surface area contributed by atoms with Crippen molar-refractivity contribution in [2.24, 2.45) is 5.41 Å². The van der Waals surface area contributed by atoms with Crippen molar-refractivity contribution in [2.75, 3.05) is 18.6 Å². The van der Waals surface area contributed by atoms with E-state index in [4.69, 9.17) is 0 Å². The molecule has 4 nitrogen and oxygen atoms in total. The Hall–Kier alpha value is -1.28. The lowest BCUT2D eigenvalue weighted by atomic mass is 9.70. The molecular formula is C26H35FO4S2. The second-order valence-electron chi connectivity index (χ2n) is 9.65. The minimum absolute atomic E-state index is 0.0555. The summed E-state index contributed by atoms with van der Waals surface area (Å²) in [6, 6.07) is 5.31. The summed E-state index contributed by atoms with van der Waals surface area (Å²) in [6.07, 6.45) is 4.84. The van der Waals surface area contributed by atoms with Gasteiger partial charge in [-0.1, -0.05) is 32.1 Å². The van der Waals surface area contributed by atoms with E-state index in [2.05, 4.69) is 18.6 Å². The molecule has 2 aliphatic rings. The molecule has 1 aromatic carbocycles. The number of hydrogen-bond acceptors (Lipinski definition) is 6. The van der Waals surface area contributed by atoms with Gasteiger partial charge in [0.05, 0.1) is 29.8 Å². The van der Waals surface area contributed by atoms with Gasteiger partial charge in [-0.3, -0.25) is 4.79 Å². The molecule has 0 bridgehead atoms. The normalized spacial score (nSPS) is 21.9. The van der Waals surface area contributed by atoms with Crippen LogP contribution in [0, 0.1) is 18.2 Å². The van der Waals surface area contributed by atoms with Crippen LogP contribution in [0.15, 0.2) is 35.9 Å². The number of methoxy groups -OCH3 is 1. The Morgan fingerprint density at radius 1 is 1.27 bits per heavy atom. The largest absolute Gasteiger partial charge is 0.469 e. The number of thioether (sulfide) groups is 2. The second-order valence-corrected chi connectivity index (χ2v) is 12.9. The van der Waals surface area contributed by atoms with Gasteiger partial charge in [0.25, 0.3) is 0 Å². The number of aryl methyl sites for hydroxylation is 1. The molecule has 2 atom stereocenters. The van der Waals surface area contributed by atoms with Crippen molar-refractivity contribution in [3.8, 4) is 0 Å². The van der Waals surface area contributed by atoms with Crippen molar-refractivity contribution in [1.82, 2.24) is 0 Å². The van der Waals surface area contributed by atoms with Gasteiger partial charge in [0.2, 0.25) is 0 Å². The van der Waals surface area contributed by atoms with E-state index >= 15 is 0 Å². The Labute approximate surface area is 205 Å². The summed E-state index contributed by atoms with van der Waals surface area (Å²) < 4.78 is 18.7. The van der Waals surface area contributed by atoms with Gasteiger partial charge in [-0.2, -0.15) is 0 Å². The number of esters is 1. The van der Waals surface area contributed by atoms with Gasteiger partial charge in [0.1, 0.15) is 5.82 Å². The van der Waals surface area contributed by atoms with Crippen LogP contribution < -0.4 is 0 Å². The molecule has 1 aromatic rings. The van der Waals surface area contributed by atoms with Crippen molar-refractivity contribution in [2.45, 2.75) is 69.2 Å². The van der Waals surface area contributed by atoms with Gasteiger partial charge in [-0.15, -0.1) is 23.5 Å². The number of ether oxygens (including phenoxy) is 1. The number of rotatable bonds is 7. The Kier molecular flexibility index (Phi) is 8.76. The third-order valence-corrected chi connectivity index (χ3v) is 9.69. The maximum Gasteiger partial charge on any atom is 0.308 e. The highest BCUT2D eigenvalue weighted by Gasteiger charge is 2.45. The van der Waals surface area contributed by atoms with Crippen LogP contribution in [0.4, 0.5) is 4.39 Å². The predicted molar refractivity (Wildman–Crippen MR) is 136 cm³/mol. The van der Waals surface area contributed by atoms with Crippen LogP contribution in [0.2, 0.25) is 0 Å². The summed E-state index contributed by atoms with van der Waals surface area (Å²) in [5.74, 6) is 1.59. The second kappa shape index (κ2) is 11.0. The zero-order valence-electron chi connectivity index (χ0n) is 19.9. The van der Waals surface area contributed by atoms with Crippen LogP contribution in [-0.4, -0.2) is 51.1 Å². The quantitative estimate of drug-likeness (QED) is 0.488. The van der Waals surface area contributed by atoms with Crippen LogP contribution in [0.5, 0.6) is 0 Å². The monoisotopic (exact) mass is 494 g/mol. The summed E-state index contributed by atoms with van der Waals surface area (Å²) in [4.78, 5) is 11.4. The smallest absolute Gasteiger partial charge is 0.308 e. The van der Waals surface area contributed by atoms with E-state index in [1.807, 2.05) is 41.7 Å². The molecule has 1 saturated heterocycles. The van der Waals surface area contributed by atoms with Gasteiger partial charge >= 0.3 is 5.97 Å². The van der Waals surface area contributed by atoms with E-state index in [-0.39, 0.29) is 28.2 Å². The van der Waals surface area contributed by atoms with Crippen molar-refractivity contribution in [1.29, 1.82) is 0 Å². The Morgan fingerprint density at radius 2 is 1.97 bits per heavy atom. The zero-order valence-corrected chi connectivity index (χ0v) is 21.5. The Morgan fingerprint density at radius 3 is 2.61 bits per heavy atom. The molecule has 0 aromatic heterocycles. The zero-order chi connectivity index (χ0) is 24.2. The van der Waals surface area contributed by atoms with Crippen molar-refractivity contribution in [3.05, 3.63) is 52.9 Å². The van der Waals surface area contributed by atoms with Crippen LogP contribution in [-0.2, 0) is 9.53 Å². The van der Waals surface area contributed by atoms with Crippen LogP contribution in [0.25, 0.3) is 5.57 Å². The van der Waals surface area contributed by atoms with E-state index in [1.165, 1.54) is 25.2 Å². The van der Waals surface area contributed by atoms with Crippen molar-refractivity contribution in [3.63, 3.8) is 0 Å². The summed E-state index contributed by atoms with van der Waals surface area (Å²) >= 11 is 4.08. The molecule has 1 spiro atoms. The van der Waals surface area contributed by atoms with E-state index in [0.717, 1.165) is 35.5 Å². The van der Waals surface area contributed by atoms with Crippen LogP contribution in [0.1, 0.15) is 57.1 Å². The molecule has 2 unspecified atom stereocenters. The van der Waals surface area contributed by atoms with Gasteiger partial charge < -0.3 is 14.9 Å². The van der Waals surface area contributed by atoms with Crippen molar-refractivity contribution >= 4 is 35.1 Å². The first-order valence-electron chi connectivity index (χ1n) is 11.4. The molecule has 1 aliphatic heterocycles. The Balaban J connectivity index is 1.94. The molecule has 1 heterocycles. The van der Waals surface area contributed by atoms with E-state index in [9.17, 15) is 19.4 Å². The van der Waals surface area contributed by atoms with Crippen molar-refractivity contribution < 1.29 is 24.1 Å². The highest BCUT2D eigenvalue weighted by molar-refractivity contribution is 8.18. The number of halogens is 1. The maximum absolute atomic E-state index is 14.0. The molecule has 1 fully saturated rings. The SMILES string of the molecule is COC(=O)CC(O)CC(O)/C=C/C1=C(c2ccc(F)c(C)c2)CC2(CC1(C)C)SCCCS2. The molecule has 0 saturated carbocycles. The fraction of sp³-hybridized carbons (Fsp3) is 0.577. The molecule has 1 aliphatic carbocycles. The topological polar surface area (TPSA) is 66.8 Å². The lowest BCUT2D eigenvalue weighted by Crippen LogP contribution is -2.37. The number of aliphatic hydroxyl groups excluding tert-OH is 2. The van der Waals surface area contributed by atoms with Gasteiger partial charge in [0.15, 0.2) is 0 Å². The summed E-state index contributed by atoms with van der Waals surface area (Å²) in [7, 11) is 1.28. The highest BCUT2D eigenvalue weighted by atomic mass is 32.2. The molecular weight excluding hydrogens is 459 g/mol. The molecule has 7 heteroatoms. The number of hydrogen-bond donors (Lipinski definition) is 2. The standard InChI is InChI=1S/C26H35FO4S2/c1-17-12-18(6-9-23(17)27)21-15-26(32-10-5-11-33-26)16-25(2,3)22(21)8-7-19(28)13-20(29)14-24(30)31-4/h6-9,12,19-20,28-29H,5,10-11,13-16H2,1-4H3/b8-7+. The number of carbonyl (C=O) groups is 1. The van der Waals surface area contributed by atoms with Gasteiger partial charge in [-0.25, -0.2) is 4.39 Å². The predicted octanol–water partition coefficient (Wildman–Crippen LogP) is 5.51. The molecule has 182 valence electrons. The first-order valence-corrected chi connectivity index (χ1v) is 13.4. The third kappa shape index (κ3) is 6.65. The lowest BCUT2D eigenvalue weighted by Gasteiger charge is -2.48. The first kappa shape index (κ1) is 26.3. The summed E-state index contributed by atoms with van der Waals surface area (Å²) in [5, 5.41) is 20.6. The average Bonchev–Trinajstić information content (AvgIpc) is 2.74. The third-order valence-electron chi connectivity index (χ3n) is 6.37. The van der Waals surface area contributed by atoms with E-state index in [0.29, 0.717) is 5.56 Å².